The van der Waals surface area contributed by atoms with Gasteiger partial charge < -0.3 is 0 Å². The van der Waals surface area contributed by atoms with Crippen LogP contribution in [0.4, 0.5) is 0 Å². The molecular weight excluding hydrogens is 322 g/mol. The Morgan fingerprint density at radius 1 is 0.733 bits per heavy atom. The molecular formula is C12H23SbSi2. The maximum absolute atomic E-state index is 2.27. The molecule has 0 N–H and O–H groups in total. The second-order valence-corrected chi connectivity index (χ2v) is 11.8. The van der Waals surface area contributed by atoms with Crippen LogP contribution >= 0.6 is 0 Å². The van der Waals surface area contributed by atoms with Crippen LogP contribution in [0.2, 0.25) is 39.3 Å². The molecule has 4 radical (unpaired) electrons. The molecule has 0 saturated heterocycles. The summed E-state index contributed by atoms with van der Waals surface area (Å²) in [5, 5.41) is 0. The van der Waals surface area contributed by atoms with Gasteiger partial charge in [-0.1, -0.05) is 39.3 Å². The molecule has 0 aliphatic heterocycles. The number of hydrogen-bond donors (Lipinski definition) is 0. The molecule has 0 unspecified atom stereocenters. The summed E-state index contributed by atoms with van der Waals surface area (Å²) < 4.78 is 1.37. The molecule has 0 amide bonds. The van der Waals surface area contributed by atoms with Gasteiger partial charge in [-0.05, 0) is 0 Å². The first-order valence-corrected chi connectivity index (χ1v) is 12.4. The van der Waals surface area contributed by atoms with Crippen LogP contribution in [-0.2, 0) is 0 Å². The van der Waals surface area contributed by atoms with Gasteiger partial charge in [0.1, 0.15) is 0 Å². The van der Waals surface area contributed by atoms with Gasteiger partial charge in [0.15, 0.2) is 0 Å². The van der Waals surface area contributed by atoms with E-state index in [1.165, 1.54) is 3.51 Å². The molecule has 1 rings (SSSR count). The van der Waals surface area contributed by atoms with Gasteiger partial charge >= 0.3 is 56.9 Å². The molecule has 1 aromatic rings. The zero-order valence-corrected chi connectivity index (χ0v) is 15.4. The first-order chi connectivity index (χ1) is 6.86. The van der Waals surface area contributed by atoms with E-state index in [1.54, 1.807) is 23.0 Å². The molecule has 0 bridgehead atoms. The summed E-state index contributed by atoms with van der Waals surface area (Å²) in [4.78, 5) is 0. The second kappa shape index (κ2) is 12.5. The van der Waals surface area contributed by atoms with E-state index in [2.05, 4.69) is 51.4 Å². The first-order valence-electron chi connectivity index (χ1n) is 5.13. The molecule has 0 fully saturated rings. The molecule has 0 atom stereocenters. The predicted molar refractivity (Wildman–Crippen MR) is 78.5 cm³/mol. The summed E-state index contributed by atoms with van der Waals surface area (Å²) in [7, 11) is 0.241. The summed E-state index contributed by atoms with van der Waals surface area (Å²) >= 11 is 1.76. The summed E-state index contributed by atoms with van der Waals surface area (Å²) in [6.45, 7) is 13.6. The minimum atomic E-state index is 0.120. The van der Waals surface area contributed by atoms with Crippen molar-refractivity contribution in [2.24, 2.45) is 0 Å². The van der Waals surface area contributed by atoms with Gasteiger partial charge in [0.25, 0.3) is 0 Å². The SMILES string of the molecule is C[Si](C)C.C[Si](C)C.[Sb][c]1ccccc1. The fourth-order valence-corrected chi connectivity index (χ4v) is 0.919. The van der Waals surface area contributed by atoms with E-state index in [0.717, 1.165) is 0 Å². The molecule has 0 nitrogen and oxygen atoms in total. The van der Waals surface area contributed by atoms with Gasteiger partial charge in [-0.25, -0.2) is 0 Å². The van der Waals surface area contributed by atoms with Crippen molar-refractivity contribution in [3.05, 3.63) is 30.3 Å². The van der Waals surface area contributed by atoms with Gasteiger partial charge in [0.05, 0.1) is 0 Å². The van der Waals surface area contributed by atoms with Crippen molar-refractivity contribution in [1.29, 1.82) is 0 Å². The molecule has 0 saturated carbocycles. The topological polar surface area (TPSA) is 0 Å². The molecule has 0 heterocycles. The number of rotatable bonds is 0. The van der Waals surface area contributed by atoms with Crippen LogP contribution in [0.5, 0.6) is 0 Å². The zero-order chi connectivity index (χ0) is 12.3. The Kier molecular flexibility index (Phi) is 14.9. The molecule has 0 aliphatic rings. The van der Waals surface area contributed by atoms with Gasteiger partial charge in [-0.15, -0.1) is 0 Å². The third kappa shape index (κ3) is 31.4. The second-order valence-electron chi connectivity index (χ2n) is 4.34. The van der Waals surface area contributed by atoms with Gasteiger partial charge in [-0.3, -0.25) is 0 Å². The van der Waals surface area contributed by atoms with Crippen molar-refractivity contribution < 1.29 is 0 Å². The van der Waals surface area contributed by atoms with Crippen LogP contribution in [0.25, 0.3) is 0 Å². The van der Waals surface area contributed by atoms with Crippen molar-refractivity contribution in [3.8, 4) is 0 Å². The Morgan fingerprint density at radius 2 is 1.00 bits per heavy atom. The average Bonchev–Trinajstić information content (AvgIpc) is 2.03. The molecule has 0 aromatic heterocycles. The Balaban J connectivity index is 0. The molecule has 15 heavy (non-hydrogen) atoms. The Bertz CT molecular complexity index is 199. The van der Waals surface area contributed by atoms with Crippen LogP contribution in [0.15, 0.2) is 30.3 Å². The van der Waals surface area contributed by atoms with E-state index < -0.39 is 0 Å². The summed E-state index contributed by atoms with van der Waals surface area (Å²) in [6, 6.07) is 10.3. The van der Waals surface area contributed by atoms with Gasteiger partial charge in [0.2, 0.25) is 0 Å². The fourth-order valence-electron chi connectivity index (χ4n) is 0.428. The third-order valence-electron chi connectivity index (χ3n) is 0.756. The number of benzene rings is 1. The quantitative estimate of drug-likeness (QED) is 0.634. The molecule has 3 heteroatoms. The summed E-state index contributed by atoms with van der Waals surface area (Å²) in [5.74, 6) is 0. The van der Waals surface area contributed by atoms with Crippen LogP contribution in [0, 0.1) is 0 Å². The van der Waals surface area contributed by atoms with Crippen LogP contribution < -0.4 is 3.51 Å². The van der Waals surface area contributed by atoms with Crippen molar-refractivity contribution >= 4 is 44.1 Å². The van der Waals surface area contributed by atoms with Crippen molar-refractivity contribution in [1.82, 2.24) is 0 Å². The Hall–Kier alpha value is 0.472. The van der Waals surface area contributed by atoms with E-state index in [4.69, 9.17) is 0 Å². The molecule has 84 valence electrons. The minimum absolute atomic E-state index is 0.120. The van der Waals surface area contributed by atoms with Crippen LogP contribution in [0.3, 0.4) is 0 Å². The summed E-state index contributed by atoms with van der Waals surface area (Å²) in [5.41, 5.74) is 0. The van der Waals surface area contributed by atoms with E-state index in [1.807, 2.05) is 18.2 Å². The maximum atomic E-state index is 2.27. The normalized spacial score (nSPS) is 8.87. The van der Waals surface area contributed by atoms with Crippen molar-refractivity contribution in [2.45, 2.75) is 39.3 Å². The van der Waals surface area contributed by atoms with E-state index in [0.29, 0.717) is 0 Å². The van der Waals surface area contributed by atoms with Crippen molar-refractivity contribution in [2.75, 3.05) is 0 Å². The summed E-state index contributed by atoms with van der Waals surface area (Å²) in [6.07, 6.45) is 0. The van der Waals surface area contributed by atoms with Crippen LogP contribution in [0.1, 0.15) is 0 Å². The monoisotopic (exact) mass is 344 g/mol. The Morgan fingerprint density at radius 3 is 1.13 bits per heavy atom. The standard InChI is InChI=1S/C6H5.2C3H9Si.Sb/c1-2-4-6-5-3-1;2*1-4(2)3;/h1-5H;2*1-3H3;. The van der Waals surface area contributed by atoms with E-state index in [-0.39, 0.29) is 17.6 Å². The fraction of sp³-hybridized carbons (Fsp3) is 0.500. The van der Waals surface area contributed by atoms with E-state index >= 15 is 0 Å². The van der Waals surface area contributed by atoms with Crippen LogP contribution in [-0.4, -0.2) is 40.6 Å². The molecule has 0 spiro atoms. The Labute approximate surface area is 113 Å². The predicted octanol–water partition coefficient (Wildman–Crippen LogP) is 3.22. The average molecular weight is 345 g/mol. The van der Waals surface area contributed by atoms with E-state index in [9.17, 15) is 0 Å². The number of hydrogen-bond acceptors (Lipinski definition) is 0. The third-order valence-corrected chi connectivity index (χ3v) is 1.61. The first kappa shape index (κ1) is 17.9. The zero-order valence-electron chi connectivity index (χ0n) is 10.8. The van der Waals surface area contributed by atoms with Gasteiger partial charge in [-0.2, -0.15) is 0 Å². The van der Waals surface area contributed by atoms with Crippen molar-refractivity contribution in [3.63, 3.8) is 0 Å². The van der Waals surface area contributed by atoms with Gasteiger partial charge in [0, 0.05) is 17.6 Å². The molecule has 0 aliphatic carbocycles. The molecule has 1 aromatic carbocycles.